The molecule has 0 spiro atoms. The maximum absolute atomic E-state index is 12.6. The monoisotopic (exact) mass is 347 g/mol. The minimum Gasteiger partial charge on any atom is -0.377 e. The predicted octanol–water partition coefficient (Wildman–Crippen LogP) is 0.698. The van der Waals surface area contributed by atoms with E-state index in [0.29, 0.717) is 45.7 Å². The Morgan fingerprint density at radius 1 is 1.13 bits per heavy atom. The van der Waals surface area contributed by atoms with Crippen LogP contribution < -0.4 is 0 Å². The second-order valence-electron chi connectivity index (χ2n) is 5.67. The topological polar surface area (TPSA) is 70.2 Å². The minimum atomic E-state index is -3.48. The Kier molecular flexibility index (Phi) is 7.19. The highest BCUT2D eigenvalue weighted by atomic mass is 32.2. The van der Waals surface area contributed by atoms with E-state index in [1.807, 2.05) is 20.8 Å². The quantitative estimate of drug-likeness (QED) is 0.702. The number of hydrogen-bond acceptors (Lipinski definition) is 4. The fraction of sp³-hybridized carbons (Fsp3) is 0.800. The smallest absolute Gasteiger partial charge is 0.282 e. The first-order valence-corrected chi connectivity index (χ1v) is 9.44. The molecule has 0 radical (unpaired) electrons. The molecule has 0 aromatic carbocycles. The van der Waals surface area contributed by atoms with Crippen LogP contribution in [-0.4, -0.2) is 79.8 Å². The summed E-state index contributed by atoms with van der Waals surface area (Å²) in [6, 6.07) is 0. The van der Waals surface area contributed by atoms with Crippen molar-refractivity contribution in [3.05, 3.63) is 12.7 Å². The number of piperazine rings is 1. The van der Waals surface area contributed by atoms with Crippen LogP contribution in [0.1, 0.15) is 27.2 Å². The van der Waals surface area contributed by atoms with Gasteiger partial charge in [-0.05, 0) is 19.4 Å². The molecule has 8 heteroatoms. The van der Waals surface area contributed by atoms with E-state index < -0.39 is 15.8 Å². The molecule has 2 aliphatic heterocycles. The highest BCUT2D eigenvalue weighted by Crippen LogP contribution is 2.27. The number of rotatable bonds is 4. The number of hydrogen-bond donors (Lipinski definition) is 0. The van der Waals surface area contributed by atoms with Gasteiger partial charge >= 0.3 is 0 Å². The van der Waals surface area contributed by atoms with Gasteiger partial charge in [-0.2, -0.15) is 17.0 Å². The average Bonchev–Trinajstić information content (AvgIpc) is 3.00. The summed E-state index contributed by atoms with van der Waals surface area (Å²) >= 11 is 0. The zero-order chi connectivity index (χ0) is 17.7. The lowest BCUT2D eigenvalue weighted by Crippen LogP contribution is -2.54. The highest BCUT2D eigenvalue weighted by Gasteiger charge is 2.42. The lowest BCUT2D eigenvalue weighted by atomic mass is 10.1. The second kappa shape index (κ2) is 8.23. The van der Waals surface area contributed by atoms with Crippen molar-refractivity contribution < 1.29 is 17.9 Å². The number of methoxy groups -OCH3 is 1. The molecule has 0 aromatic heterocycles. The Hall–Kier alpha value is -0.960. The van der Waals surface area contributed by atoms with Gasteiger partial charge < -0.3 is 9.64 Å². The van der Waals surface area contributed by atoms with E-state index in [0.717, 1.165) is 0 Å². The van der Waals surface area contributed by atoms with E-state index in [1.54, 1.807) is 12.0 Å². The predicted molar refractivity (Wildman–Crippen MR) is 90.2 cm³/mol. The van der Waals surface area contributed by atoms with Crippen LogP contribution >= 0.6 is 0 Å². The molecule has 2 aliphatic rings. The van der Waals surface area contributed by atoms with Crippen molar-refractivity contribution in [1.29, 1.82) is 0 Å². The molecule has 0 N–H and O–H groups in total. The number of carbonyl (C=O) groups excluding carboxylic acids is 1. The van der Waals surface area contributed by atoms with E-state index >= 15 is 0 Å². The van der Waals surface area contributed by atoms with Crippen LogP contribution in [-0.2, 0) is 19.7 Å². The van der Waals surface area contributed by atoms with Crippen molar-refractivity contribution in [2.75, 3.05) is 46.4 Å². The van der Waals surface area contributed by atoms with E-state index in [1.165, 1.54) is 14.7 Å². The third-order valence-corrected chi connectivity index (χ3v) is 6.25. The minimum absolute atomic E-state index is 0.153. The van der Waals surface area contributed by atoms with Crippen molar-refractivity contribution in [2.45, 2.75) is 32.8 Å². The molecule has 2 saturated heterocycles. The molecule has 134 valence electrons. The zero-order valence-corrected chi connectivity index (χ0v) is 15.4. The fourth-order valence-electron chi connectivity index (χ4n) is 2.69. The largest absolute Gasteiger partial charge is 0.377 e. The van der Waals surface area contributed by atoms with Crippen molar-refractivity contribution in [1.82, 2.24) is 13.5 Å². The molecule has 23 heavy (non-hydrogen) atoms. The van der Waals surface area contributed by atoms with Crippen LogP contribution in [0, 0.1) is 0 Å². The van der Waals surface area contributed by atoms with Crippen LogP contribution in [0.15, 0.2) is 12.7 Å². The third kappa shape index (κ3) is 4.53. The van der Waals surface area contributed by atoms with Crippen molar-refractivity contribution in [2.24, 2.45) is 0 Å². The Morgan fingerprint density at radius 2 is 1.70 bits per heavy atom. The van der Waals surface area contributed by atoms with Gasteiger partial charge in [-0.25, -0.2) is 0 Å². The molecule has 2 heterocycles. The number of carbonyl (C=O) groups is 1. The van der Waals surface area contributed by atoms with Gasteiger partial charge in [-0.3, -0.25) is 4.79 Å². The molecule has 2 fully saturated rings. The molecule has 0 saturated carbocycles. The Balaban J connectivity index is 0.00000127. The van der Waals surface area contributed by atoms with Crippen molar-refractivity contribution in [3.8, 4) is 0 Å². The Bertz CT molecular complexity index is 515. The van der Waals surface area contributed by atoms with Gasteiger partial charge in [0, 0.05) is 46.4 Å². The van der Waals surface area contributed by atoms with Gasteiger partial charge in [-0.1, -0.05) is 20.4 Å². The van der Waals surface area contributed by atoms with E-state index in [9.17, 15) is 13.2 Å². The maximum atomic E-state index is 12.6. The van der Waals surface area contributed by atoms with Crippen LogP contribution in [0.2, 0.25) is 0 Å². The molecular formula is C15H29N3O4S. The summed E-state index contributed by atoms with van der Waals surface area (Å²) in [6.45, 7) is 11.7. The van der Waals surface area contributed by atoms with Crippen LogP contribution in [0.25, 0.3) is 0 Å². The van der Waals surface area contributed by atoms with Gasteiger partial charge in [-0.15, -0.1) is 0 Å². The lowest BCUT2D eigenvalue weighted by molar-refractivity contribution is -0.127. The number of amides is 1. The molecule has 0 aliphatic carbocycles. The molecule has 7 nitrogen and oxygen atoms in total. The first kappa shape index (κ1) is 20.1. The van der Waals surface area contributed by atoms with Gasteiger partial charge in [0.25, 0.3) is 10.2 Å². The van der Waals surface area contributed by atoms with Gasteiger partial charge in [0.15, 0.2) is 0 Å². The van der Waals surface area contributed by atoms with Gasteiger partial charge in [0.05, 0.1) is 5.60 Å². The van der Waals surface area contributed by atoms with Gasteiger partial charge in [0.2, 0.25) is 5.91 Å². The molecular weight excluding hydrogens is 318 g/mol. The summed E-state index contributed by atoms with van der Waals surface area (Å²) in [6.07, 6.45) is 1.95. The standard InChI is InChI=1S/C13H23N3O4S.C2H6/c1-4-12(17)14-7-9-15(10-8-14)21(18,19)16-6-5-13(2,11-16)20-3;1-2/h4H,1,5-11H2,2-3H3;1-2H3. The molecule has 0 aromatic rings. The first-order chi connectivity index (χ1) is 10.8. The first-order valence-electron chi connectivity index (χ1n) is 8.04. The average molecular weight is 347 g/mol. The lowest BCUT2D eigenvalue weighted by Gasteiger charge is -2.35. The molecule has 1 atom stereocenters. The third-order valence-electron chi connectivity index (χ3n) is 4.27. The zero-order valence-electron chi connectivity index (χ0n) is 14.6. The number of ether oxygens (including phenoxy) is 1. The van der Waals surface area contributed by atoms with Crippen molar-refractivity contribution >= 4 is 16.1 Å². The van der Waals surface area contributed by atoms with Crippen molar-refractivity contribution in [3.63, 3.8) is 0 Å². The molecule has 2 rings (SSSR count). The fourth-order valence-corrected chi connectivity index (χ4v) is 4.40. The summed E-state index contributed by atoms with van der Waals surface area (Å²) in [7, 11) is -1.87. The molecule has 1 unspecified atom stereocenters. The van der Waals surface area contributed by atoms with Gasteiger partial charge in [0.1, 0.15) is 0 Å². The summed E-state index contributed by atoms with van der Waals surface area (Å²) in [5.41, 5.74) is -0.409. The van der Waals surface area contributed by atoms with Crippen LogP contribution in [0.3, 0.4) is 0 Å². The molecule has 1 amide bonds. The second-order valence-corrected chi connectivity index (χ2v) is 7.60. The van der Waals surface area contributed by atoms with E-state index in [2.05, 4.69) is 6.58 Å². The summed E-state index contributed by atoms with van der Waals surface area (Å²) in [4.78, 5) is 13.1. The van der Waals surface area contributed by atoms with Crippen LogP contribution in [0.4, 0.5) is 0 Å². The summed E-state index contributed by atoms with van der Waals surface area (Å²) in [5, 5.41) is 0. The van der Waals surface area contributed by atoms with E-state index in [-0.39, 0.29) is 5.91 Å². The normalized spacial score (nSPS) is 26.5. The molecule has 0 bridgehead atoms. The summed E-state index contributed by atoms with van der Waals surface area (Å²) in [5.74, 6) is -0.153. The number of nitrogens with zero attached hydrogens (tertiary/aromatic N) is 3. The Labute approximate surface area is 140 Å². The van der Waals surface area contributed by atoms with E-state index in [4.69, 9.17) is 4.74 Å². The summed E-state index contributed by atoms with van der Waals surface area (Å²) < 4.78 is 33.5. The Morgan fingerprint density at radius 3 is 2.13 bits per heavy atom. The van der Waals surface area contributed by atoms with Crippen LogP contribution in [0.5, 0.6) is 0 Å². The SMILES string of the molecule is C=CC(=O)N1CCN(S(=O)(=O)N2CCC(C)(OC)C2)CC1.CC. The maximum Gasteiger partial charge on any atom is 0.282 e. The highest BCUT2D eigenvalue weighted by molar-refractivity contribution is 7.86.